The van der Waals surface area contributed by atoms with Crippen LogP contribution in [-0.2, 0) is 24.0 Å². The van der Waals surface area contributed by atoms with Crippen molar-refractivity contribution in [3.63, 3.8) is 0 Å². The average Bonchev–Trinajstić information content (AvgIpc) is 3.64. The maximum absolute atomic E-state index is 14.3. The van der Waals surface area contributed by atoms with Gasteiger partial charge in [0.05, 0.1) is 6.10 Å². The van der Waals surface area contributed by atoms with E-state index >= 15 is 0 Å². The van der Waals surface area contributed by atoms with E-state index in [4.69, 9.17) is 11.6 Å². The van der Waals surface area contributed by atoms with Crippen molar-refractivity contribution in [2.45, 2.75) is 119 Å². The lowest BCUT2D eigenvalue weighted by Crippen LogP contribution is -2.64. The van der Waals surface area contributed by atoms with E-state index in [1.54, 1.807) is 11.9 Å². The fourth-order valence-corrected chi connectivity index (χ4v) is 10.7. The van der Waals surface area contributed by atoms with Gasteiger partial charge in [-0.25, -0.2) is 0 Å². The summed E-state index contributed by atoms with van der Waals surface area (Å²) >= 11 is 6.66. The van der Waals surface area contributed by atoms with Gasteiger partial charge in [0.2, 0.25) is 17.7 Å². The van der Waals surface area contributed by atoms with Crippen LogP contribution in [0.4, 0.5) is 0 Å². The van der Waals surface area contributed by atoms with E-state index in [1.165, 1.54) is 11.3 Å². The zero-order chi connectivity index (χ0) is 32.3. The van der Waals surface area contributed by atoms with Crippen molar-refractivity contribution in [1.82, 2.24) is 20.4 Å². The number of carbonyl (C=O) groups excluding carboxylic acids is 5. The highest BCUT2D eigenvalue weighted by Gasteiger charge is 2.65. The molecule has 4 bridgehead atoms. The number of alkyl halides is 1. The van der Waals surface area contributed by atoms with E-state index in [2.05, 4.69) is 10.6 Å². The number of nitrogens with one attached hydrogen (secondary N) is 2. The molecule has 252 valence electrons. The molecule has 0 aromatic rings. The molecule has 2 aliphatic heterocycles. The Morgan fingerprint density at radius 3 is 2.48 bits per heavy atom. The van der Waals surface area contributed by atoms with Crippen LogP contribution < -0.4 is 10.6 Å². The molecule has 0 aromatic heterocycles. The van der Waals surface area contributed by atoms with Gasteiger partial charge in [-0.05, 0) is 75.5 Å². The van der Waals surface area contributed by atoms with Gasteiger partial charge in [0.25, 0.3) is 0 Å². The first-order chi connectivity index (χ1) is 22.1. The second-order valence-corrected chi connectivity index (χ2v) is 16.2. The number of ketones is 2. The van der Waals surface area contributed by atoms with Crippen LogP contribution in [0.2, 0.25) is 0 Å². The number of hydrogen-bond acceptors (Lipinski definition) is 7. The largest absolute Gasteiger partial charge is 0.391 e. The summed E-state index contributed by atoms with van der Waals surface area (Å²) in [7, 11) is 1.78. The van der Waals surface area contributed by atoms with E-state index in [9.17, 15) is 29.1 Å². The maximum atomic E-state index is 14.3. The predicted molar refractivity (Wildman–Crippen MR) is 170 cm³/mol. The Kier molecular flexibility index (Phi) is 8.75. The van der Waals surface area contributed by atoms with Crippen LogP contribution in [0.1, 0.15) is 89.9 Å². The van der Waals surface area contributed by atoms with Gasteiger partial charge in [0.15, 0.2) is 5.78 Å². The van der Waals surface area contributed by atoms with E-state index in [1.807, 2.05) is 6.20 Å². The number of likely N-dealkylation sites (tertiary alicyclic amines) is 1. The number of nitrogens with zero attached hydrogens (tertiary/aromatic N) is 2. The molecule has 11 heteroatoms. The predicted octanol–water partition coefficient (Wildman–Crippen LogP) is 2.70. The smallest absolute Gasteiger partial charge is 0.245 e. The standard InChI is InChI=1S/C35H49ClN4O6/c1-39(17-19-6-2-4-8-26(19)36)33(45)28(12-23-16-37-27-9-5-3-7-25(23)27)38-32(44)29-13-24(41)18-40(29)34(46)35-14-21-10-20(31(35)43)11-22(15-35)30(21)42/h16,19-22,24-29,37,41H,2-15,17-18H2,1H3,(H,38,44)/t19?,20?,21?,22?,24-,25?,26?,27?,28?,29?,35?/m1/s1. The van der Waals surface area contributed by atoms with E-state index in [0.717, 1.165) is 50.5 Å². The van der Waals surface area contributed by atoms with Gasteiger partial charge < -0.3 is 25.5 Å². The molecule has 6 aliphatic carbocycles. The number of aliphatic hydroxyl groups excluding tert-OH is 1. The molecule has 6 saturated carbocycles. The monoisotopic (exact) mass is 656 g/mol. The van der Waals surface area contributed by atoms with Gasteiger partial charge in [-0.3, -0.25) is 24.0 Å². The van der Waals surface area contributed by atoms with Crippen LogP contribution in [0.5, 0.6) is 0 Å². The molecule has 46 heavy (non-hydrogen) atoms. The number of hydrogen-bond donors (Lipinski definition) is 3. The van der Waals surface area contributed by atoms with Crippen molar-refractivity contribution in [1.29, 1.82) is 0 Å². The van der Waals surface area contributed by atoms with Gasteiger partial charge in [0, 0.05) is 61.6 Å². The number of carbonyl (C=O) groups is 5. The van der Waals surface area contributed by atoms with Crippen LogP contribution in [0.25, 0.3) is 0 Å². The molecule has 0 aromatic carbocycles. The lowest BCUT2D eigenvalue weighted by molar-refractivity contribution is -0.173. The number of fused-ring (bicyclic) bond motifs is 1. The minimum atomic E-state index is -1.29. The number of aliphatic hydroxyl groups is 1. The Morgan fingerprint density at radius 2 is 1.74 bits per heavy atom. The zero-order valence-corrected chi connectivity index (χ0v) is 27.7. The van der Waals surface area contributed by atoms with Crippen molar-refractivity contribution in [3.05, 3.63) is 11.8 Å². The molecule has 8 unspecified atom stereocenters. The van der Waals surface area contributed by atoms with E-state index in [-0.39, 0.29) is 72.3 Å². The molecule has 1 saturated heterocycles. The molecule has 8 aliphatic rings. The molecule has 0 radical (unpaired) electrons. The Balaban J connectivity index is 1.10. The number of halogens is 1. The van der Waals surface area contributed by atoms with Crippen molar-refractivity contribution in [2.24, 2.45) is 35.0 Å². The normalized spacial score (nSPS) is 40.3. The first kappa shape index (κ1) is 32.1. The molecule has 0 spiro atoms. The Hall–Kier alpha value is -2.46. The summed E-state index contributed by atoms with van der Waals surface area (Å²) in [4.78, 5) is 72.0. The van der Waals surface area contributed by atoms with Crippen molar-refractivity contribution < 1.29 is 29.1 Å². The fourth-order valence-electron chi connectivity index (χ4n) is 10.4. The molecular formula is C35H49ClN4O6. The number of β-amino-alcohol motifs (C(OH)–C–C–N with tert-alkyl or cyclic N) is 1. The highest BCUT2D eigenvalue weighted by Crippen LogP contribution is 2.57. The molecule has 7 fully saturated rings. The van der Waals surface area contributed by atoms with E-state index in [0.29, 0.717) is 37.8 Å². The minimum absolute atomic E-state index is 0.0175. The van der Waals surface area contributed by atoms with Crippen molar-refractivity contribution >= 4 is 40.9 Å². The van der Waals surface area contributed by atoms with Crippen LogP contribution in [0.3, 0.4) is 0 Å². The summed E-state index contributed by atoms with van der Waals surface area (Å²) in [6.45, 7) is 0.471. The third-order valence-electron chi connectivity index (χ3n) is 12.7. The highest BCUT2D eigenvalue weighted by molar-refractivity contribution is 6.20. The quantitative estimate of drug-likeness (QED) is 0.270. The molecule has 10 nitrogen and oxygen atoms in total. The summed E-state index contributed by atoms with van der Waals surface area (Å²) in [5.74, 6) is -1.38. The Morgan fingerprint density at radius 1 is 1.04 bits per heavy atom. The number of rotatable bonds is 8. The first-order valence-corrected chi connectivity index (χ1v) is 18.2. The van der Waals surface area contributed by atoms with Crippen molar-refractivity contribution in [2.75, 3.05) is 20.1 Å². The van der Waals surface area contributed by atoms with Crippen molar-refractivity contribution in [3.8, 4) is 0 Å². The van der Waals surface area contributed by atoms with Gasteiger partial charge >= 0.3 is 0 Å². The maximum Gasteiger partial charge on any atom is 0.245 e. The molecule has 8 rings (SSSR count). The summed E-state index contributed by atoms with van der Waals surface area (Å²) in [6.07, 6.45) is 11.5. The third kappa shape index (κ3) is 5.59. The number of Topliss-reactive ketones (excluding diaryl/α,β-unsaturated/α-hetero) is 2. The van der Waals surface area contributed by atoms with Crippen LogP contribution in [0, 0.1) is 35.0 Å². The lowest BCUT2D eigenvalue weighted by atomic mass is 9.48. The zero-order valence-electron chi connectivity index (χ0n) is 26.9. The third-order valence-corrected chi connectivity index (χ3v) is 13.3. The SMILES string of the molecule is CN(CC1CCCCC1Cl)C(=O)C(CC1=CNC2CCCCC12)NC(=O)C1C[C@@H](O)CN1C(=O)C12CC3CC(CC(C1)C3=O)C2=O. The molecule has 3 amide bonds. The fraction of sp³-hybridized carbons (Fsp3) is 0.800. The summed E-state index contributed by atoms with van der Waals surface area (Å²) < 4.78 is 0. The summed E-state index contributed by atoms with van der Waals surface area (Å²) in [6, 6.07) is -1.48. The van der Waals surface area contributed by atoms with Crippen LogP contribution >= 0.6 is 11.6 Å². The number of likely N-dealkylation sites (N-methyl/N-ethyl adjacent to an activating group) is 1. The van der Waals surface area contributed by atoms with Gasteiger partial charge in [0.1, 0.15) is 23.3 Å². The topological polar surface area (TPSA) is 136 Å². The Labute approximate surface area is 276 Å². The summed E-state index contributed by atoms with van der Waals surface area (Å²) in [5.41, 5.74) is -0.163. The molecule has 3 N–H and O–H groups in total. The molecule has 2 heterocycles. The van der Waals surface area contributed by atoms with Crippen LogP contribution in [-0.4, -0.2) is 93.9 Å². The minimum Gasteiger partial charge on any atom is -0.391 e. The van der Waals surface area contributed by atoms with Gasteiger partial charge in [-0.2, -0.15) is 0 Å². The lowest BCUT2D eigenvalue weighted by Gasteiger charge is -2.54. The summed E-state index contributed by atoms with van der Waals surface area (Å²) in [5, 5.41) is 17.3. The Bertz CT molecular complexity index is 1300. The molecular weight excluding hydrogens is 608 g/mol. The molecule has 9 atom stereocenters. The average molecular weight is 657 g/mol. The van der Waals surface area contributed by atoms with Crippen LogP contribution in [0.15, 0.2) is 11.8 Å². The second kappa shape index (κ2) is 12.5. The second-order valence-electron chi connectivity index (χ2n) is 15.6. The highest BCUT2D eigenvalue weighted by atomic mass is 35.5. The number of amides is 3. The van der Waals surface area contributed by atoms with E-state index < -0.39 is 35.4 Å². The first-order valence-electron chi connectivity index (χ1n) is 17.8. The van der Waals surface area contributed by atoms with Gasteiger partial charge in [-0.1, -0.05) is 25.7 Å². The van der Waals surface area contributed by atoms with Gasteiger partial charge in [-0.15, -0.1) is 11.6 Å².